The summed E-state index contributed by atoms with van der Waals surface area (Å²) >= 11 is 6.39. The molecule has 1 aliphatic carbocycles. The first-order chi connectivity index (χ1) is 19.8. The number of amides is 1. The van der Waals surface area contributed by atoms with E-state index < -0.39 is 10.0 Å². The number of nitrogens with zero attached hydrogens (tertiary/aromatic N) is 1. The Bertz CT molecular complexity index is 1620. The van der Waals surface area contributed by atoms with E-state index >= 15 is 0 Å². The van der Waals surface area contributed by atoms with Gasteiger partial charge in [-0.05, 0) is 72.9 Å². The van der Waals surface area contributed by atoms with Crippen LogP contribution in [0.1, 0.15) is 40.5 Å². The summed E-state index contributed by atoms with van der Waals surface area (Å²) in [5.41, 5.74) is 4.10. The summed E-state index contributed by atoms with van der Waals surface area (Å²) in [6, 6.07) is 20.1. The number of carbonyl (C=O) groups excluding carboxylic acids is 1. The number of halogens is 1. The molecule has 0 saturated carbocycles. The predicted octanol–water partition coefficient (Wildman–Crippen LogP) is 5.34. The number of aromatic amines is 1. The molecule has 4 aromatic rings. The summed E-state index contributed by atoms with van der Waals surface area (Å²) in [7, 11) is -1.99. The maximum atomic E-state index is 14.2. The van der Waals surface area contributed by atoms with Gasteiger partial charge in [0.2, 0.25) is 10.0 Å². The number of ether oxygens (including phenoxy) is 2. The number of methoxy groups -OCH3 is 1. The molecule has 0 fully saturated rings. The van der Waals surface area contributed by atoms with Gasteiger partial charge in [0.15, 0.2) is 0 Å². The van der Waals surface area contributed by atoms with E-state index in [1.165, 1.54) is 0 Å². The van der Waals surface area contributed by atoms with Crippen LogP contribution >= 0.6 is 11.6 Å². The van der Waals surface area contributed by atoms with Crippen LogP contribution in [0.3, 0.4) is 0 Å². The van der Waals surface area contributed by atoms with Gasteiger partial charge in [-0.1, -0.05) is 42.8 Å². The van der Waals surface area contributed by atoms with Gasteiger partial charge in [0, 0.05) is 41.2 Å². The van der Waals surface area contributed by atoms with Crippen LogP contribution in [0.4, 0.5) is 0 Å². The molecule has 1 aromatic heterocycles. The molecule has 8 nitrogen and oxygen atoms in total. The Morgan fingerprint density at radius 1 is 1.05 bits per heavy atom. The molecule has 0 saturated heterocycles. The fourth-order valence-corrected chi connectivity index (χ4v) is 6.60. The van der Waals surface area contributed by atoms with E-state index in [-0.39, 0.29) is 23.4 Å². The first-order valence-electron chi connectivity index (χ1n) is 13.7. The van der Waals surface area contributed by atoms with Gasteiger partial charge in [-0.15, -0.1) is 0 Å². The Morgan fingerprint density at radius 3 is 2.63 bits per heavy atom. The van der Waals surface area contributed by atoms with E-state index in [9.17, 15) is 13.2 Å². The second kappa shape index (κ2) is 12.7. The fraction of sp³-hybridized carbons (Fsp3) is 0.323. The van der Waals surface area contributed by atoms with E-state index in [0.717, 1.165) is 27.6 Å². The number of rotatable bonds is 12. The molecule has 216 valence electrons. The van der Waals surface area contributed by atoms with Crippen LogP contribution in [-0.2, 0) is 34.1 Å². The van der Waals surface area contributed by atoms with Gasteiger partial charge in [-0.25, -0.2) is 13.1 Å². The van der Waals surface area contributed by atoms with Crippen molar-refractivity contribution in [2.75, 3.05) is 26.9 Å². The molecule has 0 spiro atoms. The Hall–Kier alpha value is -3.37. The maximum Gasteiger partial charge on any atom is 0.270 e. The molecule has 3 aromatic carbocycles. The third kappa shape index (κ3) is 6.59. The molecule has 1 aliphatic rings. The minimum absolute atomic E-state index is 0.153. The molecule has 5 rings (SSSR count). The second-order valence-electron chi connectivity index (χ2n) is 10.2. The average Bonchev–Trinajstić information content (AvgIpc) is 3.59. The van der Waals surface area contributed by atoms with Gasteiger partial charge in [-0.3, -0.25) is 4.79 Å². The molecule has 10 heteroatoms. The van der Waals surface area contributed by atoms with Crippen molar-refractivity contribution in [2.45, 2.75) is 43.7 Å². The molecule has 41 heavy (non-hydrogen) atoms. The number of para-hydroxylation sites is 1. The van der Waals surface area contributed by atoms with E-state index in [0.29, 0.717) is 55.5 Å². The summed E-state index contributed by atoms with van der Waals surface area (Å²) in [6.45, 7) is 3.35. The lowest BCUT2D eigenvalue weighted by Crippen LogP contribution is -2.40. The van der Waals surface area contributed by atoms with E-state index in [2.05, 4.69) is 9.71 Å². The van der Waals surface area contributed by atoms with Gasteiger partial charge in [0.25, 0.3) is 5.91 Å². The predicted molar refractivity (Wildman–Crippen MR) is 160 cm³/mol. The van der Waals surface area contributed by atoms with Crippen molar-refractivity contribution in [1.29, 1.82) is 0 Å². The summed E-state index contributed by atoms with van der Waals surface area (Å²) in [5.74, 6) is 0.478. The number of aromatic nitrogens is 1. The molecular formula is C31H34ClN3O5S. The zero-order chi connectivity index (χ0) is 29.0. The number of nitrogens with one attached hydrogen (secondary N) is 2. The van der Waals surface area contributed by atoms with Crippen molar-refractivity contribution >= 4 is 38.4 Å². The van der Waals surface area contributed by atoms with E-state index in [4.69, 9.17) is 21.1 Å². The number of H-pyrrole nitrogens is 1. The van der Waals surface area contributed by atoms with Crippen molar-refractivity contribution in [3.05, 3.63) is 94.1 Å². The Kier molecular flexibility index (Phi) is 8.99. The quantitative estimate of drug-likeness (QED) is 0.215. The van der Waals surface area contributed by atoms with Gasteiger partial charge < -0.3 is 19.4 Å². The highest BCUT2D eigenvalue weighted by molar-refractivity contribution is 7.89. The van der Waals surface area contributed by atoms with E-state index in [1.807, 2.05) is 60.4 Å². The molecule has 2 N–H and O–H groups in total. The highest BCUT2D eigenvalue weighted by Crippen LogP contribution is 2.32. The largest absolute Gasteiger partial charge is 0.491 e. The summed E-state index contributed by atoms with van der Waals surface area (Å²) < 4.78 is 39.3. The minimum Gasteiger partial charge on any atom is -0.491 e. The molecule has 0 aliphatic heterocycles. The standard InChI is InChI=1S/C31H34ClN3O5S/c1-3-12-33-41(37,38)27-10-8-21-16-26(17-23(21)18-27)35(31(36)29-19-22-6-4-5-7-28(22)34-29)20-24-15-25(32)9-11-30(24)40-14-13-39-2/h4-11,15,18-19,26,33-34H,3,12-14,16-17,20H2,1-2H3. The van der Waals surface area contributed by atoms with Gasteiger partial charge in [0.1, 0.15) is 18.1 Å². The fourth-order valence-electron chi connectivity index (χ4n) is 5.22. The molecule has 1 heterocycles. The number of hydrogen-bond donors (Lipinski definition) is 2. The van der Waals surface area contributed by atoms with Crippen LogP contribution < -0.4 is 9.46 Å². The Morgan fingerprint density at radius 2 is 1.85 bits per heavy atom. The zero-order valence-electron chi connectivity index (χ0n) is 23.2. The lowest BCUT2D eigenvalue weighted by Gasteiger charge is -2.29. The van der Waals surface area contributed by atoms with Crippen molar-refractivity contribution in [3.63, 3.8) is 0 Å². The first kappa shape index (κ1) is 29.1. The van der Waals surface area contributed by atoms with Crippen molar-refractivity contribution in [3.8, 4) is 5.75 Å². The molecular weight excluding hydrogens is 562 g/mol. The number of hydrogen-bond acceptors (Lipinski definition) is 5. The summed E-state index contributed by atoms with van der Waals surface area (Å²) in [6.07, 6.45) is 1.83. The van der Waals surface area contributed by atoms with Crippen LogP contribution in [0.15, 0.2) is 71.6 Å². The lowest BCUT2D eigenvalue weighted by molar-refractivity contribution is 0.0659. The van der Waals surface area contributed by atoms with Crippen LogP contribution in [0.25, 0.3) is 10.9 Å². The van der Waals surface area contributed by atoms with Crippen molar-refractivity contribution in [1.82, 2.24) is 14.6 Å². The van der Waals surface area contributed by atoms with Crippen LogP contribution in [0.5, 0.6) is 5.75 Å². The monoisotopic (exact) mass is 595 g/mol. The highest BCUT2D eigenvalue weighted by atomic mass is 35.5. The number of carbonyl (C=O) groups is 1. The molecule has 0 radical (unpaired) electrons. The van der Waals surface area contributed by atoms with Gasteiger partial charge in [0.05, 0.1) is 18.0 Å². The molecule has 1 amide bonds. The first-order valence-corrected chi connectivity index (χ1v) is 15.6. The van der Waals surface area contributed by atoms with Crippen LogP contribution in [0, 0.1) is 0 Å². The number of benzene rings is 3. The van der Waals surface area contributed by atoms with Crippen molar-refractivity contribution < 1.29 is 22.7 Å². The Balaban J connectivity index is 1.48. The smallest absolute Gasteiger partial charge is 0.270 e. The van der Waals surface area contributed by atoms with Crippen LogP contribution in [0.2, 0.25) is 5.02 Å². The minimum atomic E-state index is -3.60. The molecule has 1 atom stereocenters. The third-order valence-corrected chi connectivity index (χ3v) is 9.01. The maximum absolute atomic E-state index is 14.2. The summed E-state index contributed by atoms with van der Waals surface area (Å²) in [5, 5.41) is 1.49. The SMILES string of the molecule is CCCNS(=O)(=O)c1ccc2c(c1)CC(N(Cc1cc(Cl)ccc1OCCOC)C(=O)c1cc3ccccc3[nH]1)C2. The molecule has 1 unspecified atom stereocenters. The van der Waals surface area contributed by atoms with Crippen LogP contribution in [-0.4, -0.2) is 57.1 Å². The summed E-state index contributed by atoms with van der Waals surface area (Å²) in [4.78, 5) is 19.5. The lowest BCUT2D eigenvalue weighted by atomic mass is 10.1. The third-order valence-electron chi connectivity index (χ3n) is 7.31. The van der Waals surface area contributed by atoms with Crippen molar-refractivity contribution in [2.24, 2.45) is 0 Å². The van der Waals surface area contributed by atoms with Gasteiger partial charge in [-0.2, -0.15) is 0 Å². The topological polar surface area (TPSA) is 101 Å². The number of fused-ring (bicyclic) bond motifs is 2. The van der Waals surface area contributed by atoms with Gasteiger partial charge >= 0.3 is 0 Å². The normalized spacial score (nSPS) is 14.8. The zero-order valence-corrected chi connectivity index (χ0v) is 24.7. The highest BCUT2D eigenvalue weighted by Gasteiger charge is 2.33. The Labute approximate surface area is 245 Å². The van der Waals surface area contributed by atoms with E-state index in [1.54, 1.807) is 25.3 Å². The second-order valence-corrected chi connectivity index (χ2v) is 12.4. The molecule has 0 bridgehead atoms. The number of sulfonamides is 1. The average molecular weight is 596 g/mol.